The highest BCUT2D eigenvalue weighted by molar-refractivity contribution is 7.92. The molecule has 1 aliphatic heterocycles. The lowest BCUT2D eigenvalue weighted by atomic mass is 10.0. The first-order valence-electron chi connectivity index (χ1n) is 11.2. The Morgan fingerprint density at radius 1 is 1.06 bits per heavy atom. The van der Waals surface area contributed by atoms with E-state index in [1.807, 2.05) is 32.0 Å². The summed E-state index contributed by atoms with van der Waals surface area (Å²) in [7, 11) is -3.81. The predicted molar refractivity (Wildman–Crippen MR) is 130 cm³/mol. The third-order valence-corrected chi connectivity index (χ3v) is 7.19. The summed E-state index contributed by atoms with van der Waals surface area (Å²) in [5.74, 6) is 0.104. The number of rotatable bonds is 8. The third kappa shape index (κ3) is 5.81. The number of piperazine rings is 1. The van der Waals surface area contributed by atoms with Crippen molar-refractivity contribution in [3.63, 3.8) is 0 Å². The first kappa shape index (κ1) is 24.1. The number of nitrogens with zero attached hydrogens (tertiary/aromatic N) is 1. The van der Waals surface area contributed by atoms with E-state index >= 15 is 0 Å². The lowest BCUT2D eigenvalue weighted by Crippen LogP contribution is -2.43. The van der Waals surface area contributed by atoms with E-state index < -0.39 is 10.0 Å². The Hall–Kier alpha value is -2.58. The van der Waals surface area contributed by atoms with Gasteiger partial charge in [0.1, 0.15) is 0 Å². The molecule has 0 radical (unpaired) electrons. The minimum atomic E-state index is -3.81. The molecule has 2 aromatic carbocycles. The molecule has 1 aliphatic rings. The van der Waals surface area contributed by atoms with Crippen LogP contribution in [0.1, 0.15) is 56.0 Å². The van der Waals surface area contributed by atoms with E-state index in [-0.39, 0.29) is 16.8 Å². The molecule has 0 saturated carbocycles. The highest BCUT2D eigenvalue weighted by atomic mass is 32.2. The minimum absolute atomic E-state index is 0.0370. The summed E-state index contributed by atoms with van der Waals surface area (Å²) in [4.78, 5) is 15.0. The van der Waals surface area contributed by atoms with Crippen LogP contribution in [0.3, 0.4) is 0 Å². The number of nitrogens with one attached hydrogen (secondary N) is 3. The molecule has 1 heterocycles. The fourth-order valence-corrected chi connectivity index (χ4v) is 4.65. The molecule has 1 atom stereocenters. The summed E-state index contributed by atoms with van der Waals surface area (Å²) in [6.07, 6.45) is 0.816. The van der Waals surface area contributed by atoms with Gasteiger partial charge in [-0.1, -0.05) is 32.9 Å². The van der Waals surface area contributed by atoms with Crippen molar-refractivity contribution in [3.05, 3.63) is 53.6 Å². The van der Waals surface area contributed by atoms with E-state index in [9.17, 15) is 13.2 Å². The normalized spacial score (nSPS) is 15.5. The van der Waals surface area contributed by atoms with Gasteiger partial charge in [0.15, 0.2) is 0 Å². The first-order chi connectivity index (χ1) is 15.2. The number of hydrogen-bond donors (Lipinski definition) is 3. The van der Waals surface area contributed by atoms with Gasteiger partial charge in [-0.3, -0.25) is 9.52 Å². The molecule has 0 bridgehead atoms. The Balaban J connectivity index is 1.95. The average Bonchev–Trinajstić information content (AvgIpc) is 2.79. The summed E-state index contributed by atoms with van der Waals surface area (Å²) in [6, 6.07) is 12.2. The maximum absolute atomic E-state index is 13.2. The highest BCUT2D eigenvalue weighted by Crippen LogP contribution is 2.30. The number of carbonyl (C=O) groups excluding carboxylic acids is 1. The van der Waals surface area contributed by atoms with Gasteiger partial charge >= 0.3 is 0 Å². The molecule has 7 nitrogen and oxygen atoms in total. The fraction of sp³-hybridized carbons (Fsp3) is 0.458. The molecule has 1 unspecified atom stereocenters. The van der Waals surface area contributed by atoms with Crippen LogP contribution < -0.4 is 20.3 Å². The molecule has 1 amide bonds. The van der Waals surface area contributed by atoms with Gasteiger partial charge in [-0.15, -0.1) is 0 Å². The van der Waals surface area contributed by atoms with E-state index in [0.717, 1.165) is 43.9 Å². The Morgan fingerprint density at radius 2 is 1.72 bits per heavy atom. The molecule has 1 fully saturated rings. The van der Waals surface area contributed by atoms with E-state index in [4.69, 9.17) is 0 Å². The highest BCUT2D eigenvalue weighted by Gasteiger charge is 2.22. The Kier molecular flexibility index (Phi) is 7.79. The van der Waals surface area contributed by atoms with Gasteiger partial charge in [0.25, 0.3) is 15.9 Å². The van der Waals surface area contributed by atoms with Crippen LogP contribution in [0.15, 0.2) is 47.4 Å². The van der Waals surface area contributed by atoms with Crippen LogP contribution in [-0.4, -0.2) is 46.5 Å². The smallest absolute Gasteiger partial charge is 0.261 e. The molecule has 32 heavy (non-hydrogen) atoms. The molecule has 2 aromatic rings. The van der Waals surface area contributed by atoms with E-state index in [1.165, 1.54) is 0 Å². The third-order valence-electron chi connectivity index (χ3n) is 5.81. The summed E-state index contributed by atoms with van der Waals surface area (Å²) >= 11 is 0. The van der Waals surface area contributed by atoms with Crippen molar-refractivity contribution in [2.45, 2.75) is 51.0 Å². The molecular weight excluding hydrogens is 424 g/mol. The van der Waals surface area contributed by atoms with E-state index in [1.54, 1.807) is 24.3 Å². The standard InChI is InChI=1S/C24H34N4O3S/c1-5-18(4)26-24(29)20-8-11-23(28-14-12-25-13-15-28)22(16-20)27-32(30,31)21-9-6-19(7-10-21)17(2)3/h6-11,16-18,25,27H,5,12-15H2,1-4H3,(H,26,29). The van der Waals surface area contributed by atoms with Crippen LogP contribution in [0.4, 0.5) is 11.4 Å². The van der Waals surface area contributed by atoms with Gasteiger partial charge in [0.05, 0.1) is 16.3 Å². The van der Waals surface area contributed by atoms with Crippen LogP contribution in [0.5, 0.6) is 0 Å². The number of carbonyl (C=O) groups is 1. The zero-order chi connectivity index (χ0) is 23.3. The second-order valence-corrected chi connectivity index (χ2v) is 10.3. The quantitative estimate of drug-likeness (QED) is 0.563. The number of anilines is 2. The largest absolute Gasteiger partial charge is 0.367 e. The van der Waals surface area contributed by atoms with E-state index in [0.29, 0.717) is 17.2 Å². The number of amides is 1. The monoisotopic (exact) mass is 458 g/mol. The van der Waals surface area contributed by atoms with Crippen LogP contribution in [0, 0.1) is 0 Å². The SMILES string of the molecule is CCC(C)NC(=O)c1ccc(N2CCNCC2)c(NS(=O)(=O)c2ccc(C(C)C)cc2)c1. The molecule has 0 aromatic heterocycles. The van der Waals surface area contributed by atoms with Crippen LogP contribution in [-0.2, 0) is 10.0 Å². The molecule has 1 saturated heterocycles. The first-order valence-corrected chi connectivity index (χ1v) is 12.7. The second kappa shape index (κ2) is 10.4. The summed E-state index contributed by atoms with van der Waals surface area (Å²) < 4.78 is 29.1. The van der Waals surface area contributed by atoms with Crippen LogP contribution >= 0.6 is 0 Å². The molecule has 0 aliphatic carbocycles. The van der Waals surface area contributed by atoms with Gasteiger partial charge in [0.2, 0.25) is 0 Å². The summed E-state index contributed by atoms with van der Waals surface area (Å²) in [5, 5.41) is 6.25. The van der Waals surface area contributed by atoms with Crippen molar-refractivity contribution < 1.29 is 13.2 Å². The van der Waals surface area contributed by atoms with Crippen molar-refractivity contribution in [2.24, 2.45) is 0 Å². The minimum Gasteiger partial charge on any atom is -0.367 e. The molecule has 3 N–H and O–H groups in total. The van der Waals surface area contributed by atoms with Crippen molar-refractivity contribution in [2.75, 3.05) is 35.8 Å². The summed E-state index contributed by atoms with van der Waals surface area (Å²) in [5.41, 5.74) is 2.69. The lowest BCUT2D eigenvalue weighted by molar-refractivity contribution is 0.0939. The zero-order valence-electron chi connectivity index (χ0n) is 19.3. The topological polar surface area (TPSA) is 90.5 Å². The van der Waals surface area contributed by atoms with Gasteiger partial charge in [-0.2, -0.15) is 0 Å². The molecule has 3 rings (SSSR count). The van der Waals surface area contributed by atoms with Crippen molar-refractivity contribution in [1.82, 2.24) is 10.6 Å². The Bertz CT molecular complexity index is 1030. The number of benzene rings is 2. The Morgan fingerprint density at radius 3 is 2.31 bits per heavy atom. The van der Waals surface area contributed by atoms with Gasteiger partial charge in [-0.05, 0) is 55.2 Å². The zero-order valence-corrected chi connectivity index (χ0v) is 20.1. The van der Waals surface area contributed by atoms with Crippen molar-refractivity contribution in [1.29, 1.82) is 0 Å². The number of sulfonamides is 1. The lowest BCUT2D eigenvalue weighted by Gasteiger charge is -2.31. The van der Waals surface area contributed by atoms with Gasteiger partial charge < -0.3 is 15.5 Å². The van der Waals surface area contributed by atoms with Gasteiger partial charge in [0, 0.05) is 37.8 Å². The summed E-state index contributed by atoms with van der Waals surface area (Å²) in [6.45, 7) is 11.2. The maximum atomic E-state index is 13.2. The molecule has 0 spiro atoms. The predicted octanol–water partition coefficient (Wildman–Crippen LogP) is 3.55. The Labute approximate surface area is 191 Å². The van der Waals surface area contributed by atoms with Crippen LogP contribution in [0.25, 0.3) is 0 Å². The fourth-order valence-electron chi connectivity index (χ4n) is 3.59. The van der Waals surface area contributed by atoms with Gasteiger partial charge in [-0.25, -0.2) is 8.42 Å². The second-order valence-electron chi connectivity index (χ2n) is 8.58. The van der Waals surface area contributed by atoms with Crippen molar-refractivity contribution >= 4 is 27.3 Å². The number of hydrogen-bond acceptors (Lipinski definition) is 5. The van der Waals surface area contributed by atoms with Crippen molar-refractivity contribution in [3.8, 4) is 0 Å². The van der Waals surface area contributed by atoms with E-state index in [2.05, 4.69) is 34.1 Å². The van der Waals surface area contributed by atoms with Crippen LogP contribution in [0.2, 0.25) is 0 Å². The maximum Gasteiger partial charge on any atom is 0.261 e. The molecule has 8 heteroatoms. The average molecular weight is 459 g/mol. The molecule has 174 valence electrons. The molecular formula is C24H34N4O3S.